The molecule has 0 spiro atoms. The first-order valence-electron chi connectivity index (χ1n) is 9.08. The summed E-state index contributed by atoms with van der Waals surface area (Å²) in [7, 11) is 0. The fourth-order valence-corrected chi connectivity index (χ4v) is 2.44. The van der Waals surface area contributed by atoms with Gasteiger partial charge in [-0.3, -0.25) is 0 Å². The molecule has 0 aliphatic heterocycles. The zero-order chi connectivity index (χ0) is 18.6. The highest BCUT2D eigenvalue weighted by molar-refractivity contribution is 14.0. The lowest BCUT2D eigenvalue weighted by Crippen LogP contribution is -2.36. The van der Waals surface area contributed by atoms with Crippen LogP contribution in [0.2, 0.25) is 0 Å². The predicted molar refractivity (Wildman–Crippen MR) is 120 cm³/mol. The summed E-state index contributed by atoms with van der Waals surface area (Å²) >= 11 is 0. The lowest BCUT2D eigenvalue weighted by Gasteiger charge is -2.14. The molecule has 6 nitrogen and oxygen atoms in total. The molecule has 0 bridgehead atoms. The summed E-state index contributed by atoms with van der Waals surface area (Å²) in [5.74, 6) is 2.27. The third-order valence-electron chi connectivity index (χ3n) is 3.60. The highest BCUT2D eigenvalue weighted by Gasteiger charge is 2.06. The van der Waals surface area contributed by atoms with Gasteiger partial charge in [0.15, 0.2) is 5.96 Å². The van der Waals surface area contributed by atoms with Crippen LogP contribution in [0.5, 0.6) is 11.6 Å². The third kappa shape index (κ3) is 7.62. The Labute approximate surface area is 178 Å². The zero-order valence-corrected chi connectivity index (χ0v) is 18.5. The summed E-state index contributed by atoms with van der Waals surface area (Å²) in [5, 5.41) is 6.62. The van der Waals surface area contributed by atoms with E-state index < -0.39 is 0 Å². The smallest absolute Gasteiger partial charge is 0.218 e. The van der Waals surface area contributed by atoms with Crippen molar-refractivity contribution in [1.29, 1.82) is 0 Å². The van der Waals surface area contributed by atoms with Crippen molar-refractivity contribution in [2.75, 3.05) is 19.8 Å². The van der Waals surface area contributed by atoms with Crippen molar-refractivity contribution in [3.63, 3.8) is 0 Å². The molecule has 1 aromatic carbocycles. The van der Waals surface area contributed by atoms with Crippen LogP contribution in [-0.2, 0) is 13.1 Å². The first-order chi connectivity index (χ1) is 12.8. The molecule has 0 saturated carbocycles. The second-order valence-electron chi connectivity index (χ2n) is 5.49. The lowest BCUT2D eigenvalue weighted by atomic mass is 10.2. The van der Waals surface area contributed by atoms with Crippen molar-refractivity contribution in [1.82, 2.24) is 15.6 Å². The van der Waals surface area contributed by atoms with Crippen molar-refractivity contribution in [3.8, 4) is 11.6 Å². The molecule has 7 heteroatoms. The van der Waals surface area contributed by atoms with Crippen LogP contribution in [0.3, 0.4) is 0 Å². The molecule has 0 saturated heterocycles. The van der Waals surface area contributed by atoms with Gasteiger partial charge in [0, 0.05) is 30.4 Å². The van der Waals surface area contributed by atoms with Crippen molar-refractivity contribution < 1.29 is 9.47 Å². The number of ether oxygens (including phenoxy) is 2. The van der Waals surface area contributed by atoms with E-state index in [-0.39, 0.29) is 24.0 Å². The van der Waals surface area contributed by atoms with E-state index in [0.717, 1.165) is 29.4 Å². The summed E-state index contributed by atoms with van der Waals surface area (Å²) in [6.45, 7) is 9.11. The van der Waals surface area contributed by atoms with Gasteiger partial charge in [0.2, 0.25) is 5.88 Å². The Kier molecular flexibility index (Phi) is 11.2. The molecule has 27 heavy (non-hydrogen) atoms. The average Bonchev–Trinajstić information content (AvgIpc) is 2.66. The summed E-state index contributed by atoms with van der Waals surface area (Å²) in [6.07, 6.45) is 1.73. The molecular weight excluding hydrogens is 455 g/mol. The molecule has 2 rings (SSSR count). The molecule has 0 aliphatic carbocycles. The highest BCUT2D eigenvalue weighted by atomic mass is 127. The van der Waals surface area contributed by atoms with E-state index in [1.165, 1.54) is 0 Å². The number of pyridine rings is 1. The monoisotopic (exact) mass is 484 g/mol. The minimum Gasteiger partial charge on any atom is -0.494 e. The van der Waals surface area contributed by atoms with Crippen LogP contribution < -0.4 is 20.1 Å². The maximum atomic E-state index is 5.68. The number of hydrogen-bond acceptors (Lipinski definition) is 4. The van der Waals surface area contributed by atoms with E-state index >= 15 is 0 Å². The first-order valence-corrected chi connectivity index (χ1v) is 9.08. The van der Waals surface area contributed by atoms with Crippen LogP contribution in [0.15, 0.2) is 47.6 Å². The quantitative estimate of drug-likeness (QED) is 0.323. The van der Waals surface area contributed by atoms with Gasteiger partial charge in [-0.2, -0.15) is 0 Å². The van der Waals surface area contributed by atoms with Gasteiger partial charge in [0.25, 0.3) is 0 Å². The fraction of sp³-hybridized carbons (Fsp3) is 0.400. The number of nitrogens with one attached hydrogen (secondary N) is 2. The SMILES string of the molecule is CCNC(=NCc1cccnc1OCC)NCc1ccccc1OCC.I. The van der Waals surface area contributed by atoms with Crippen LogP contribution in [0.4, 0.5) is 0 Å². The number of hydrogen-bond donors (Lipinski definition) is 2. The van der Waals surface area contributed by atoms with Crippen LogP contribution in [0.25, 0.3) is 0 Å². The van der Waals surface area contributed by atoms with E-state index in [2.05, 4.69) is 26.7 Å². The number of aliphatic imine (C=N–C) groups is 1. The second kappa shape index (κ2) is 13.2. The van der Waals surface area contributed by atoms with Gasteiger partial charge >= 0.3 is 0 Å². The molecular formula is C20H29IN4O2. The molecule has 2 aromatic rings. The van der Waals surface area contributed by atoms with Crippen molar-refractivity contribution in [2.24, 2.45) is 4.99 Å². The molecule has 1 heterocycles. The van der Waals surface area contributed by atoms with Gasteiger partial charge in [0.1, 0.15) is 5.75 Å². The number of halogens is 1. The summed E-state index contributed by atoms with van der Waals surface area (Å²) in [5.41, 5.74) is 2.05. The van der Waals surface area contributed by atoms with Crippen LogP contribution in [0.1, 0.15) is 31.9 Å². The summed E-state index contributed by atoms with van der Waals surface area (Å²) < 4.78 is 11.2. The molecule has 1 aromatic heterocycles. The van der Waals surface area contributed by atoms with Crippen LogP contribution in [-0.4, -0.2) is 30.7 Å². The van der Waals surface area contributed by atoms with Gasteiger partial charge in [-0.05, 0) is 32.9 Å². The molecule has 148 valence electrons. The van der Waals surface area contributed by atoms with E-state index in [9.17, 15) is 0 Å². The Bertz CT molecular complexity index is 710. The van der Waals surface area contributed by atoms with Gasteiger partial charge < -0.3 is 20.1 Å². The molecule has 0 amide bonds. The van der Waals surface area contributed by atoms with E-state index in [4.69, 9.17) is 9.47 Å². The van der Waals surface area contributed by atoms with Gasteiger partial charge in [-0.1, -0.05) is 24.3 Å². The van der Waals surface area contributed by atoms with Crippen molar-refractivity contribution in [2.45, 2.75) is 33.9 Å². The number of aromatic nitrogens is 1. The Balaban J connectivity index is 0.00000364. The second-order valence-corrected chi connectivity index (χ2v) is 5.49. The summed E-state index contributed by atoms with van der Waals surface area (Å²) in [6, 6.07) is 11.9. The predicted octanol–water partition coefficient (Wildman–Crippen LogP) is 3.75. The van der Waals surface area contributed by atoms with Gasteiger partial charge in [-0.25, -0.2) is 9.98 Å². The fourth-order valence-electron chi connectivity index (χ4n) is 2.44. The summed E-state index contributed by atoms with van der Waals surface area (Å²) in [4.78, 5) is 8.92. The first kappa shape index (κ1) is 23.0. The third-order valence-corrected chi connectivity index (χ3v) is 3.60. The molecule has 0 radical (unpaired) electrons. The number of benzene rings is 1. The Hall–Kier alpha value is -2.03. The van der Waals surface area contributed by atoms with Crippen molar-refractivity contribution >= 4 is 29.9 Å². The molecule has 0 unspecified atom stereocenters. The number of rotatable bonds is 9. The number of para-hydroxylation sites is 1. The largest absolute Gasteiger partial charge is 0.494 e. The van der Waals surface area contributed by atoms with Crippen molar-refractivity contribution in [3.05, 3.63) is 53.7 Å². The zero-order valence-electron chi connectivity index (χ0n) is 16.2. The Morgan fingerprint density at radius 3 is 2.44 bits per heavy atom. The Morgan fingerprint density at radius 1 is 0.963 bits per heavy atom. The average molecular weight is 484 g/mol. The number of guanidine groups is 1. The van der Waals surface area contributed by atoms with E-state index in [1.54, 1.807) is 6.20 Å². The van der Waals surface area contributed by atoms with Gasteiger partial charge in [-0.15, -0.1) is 24.0 Å². The standard InChI is InChI=1S/C20H28N4O2.HI/c1-4-21-20(23-14-16-10-7-8-12-18(16)25-5-2)24-15-17-11-9-13-22-19(17)26-6-3;/h7-13H,4-6,14-15H2,1-3H3,(H2,21,23,24);1H. The topological polar surface area (TPSA) is 67.8 Å². The lowest BCUT2D eigenvalue weighted by molar-refractivity contribution is 0.323. The van der Waals surface area contributed by atoms with Crippen LogP contribution >= 0.6 is 24.0 Å². The molecule has 0 atom stereocenters. The van der Waals surface area contributed by atoms with Gasteiger partial charge in [0.05, 0.1) is 19.8 Å². The maximum absolute atomic E-state index is 5.68. The normalized spacial score (nSPS) is 10.7. The van der Waals surface area contributed by atoms with E-state index in [0.29, 0.717) is 32.2 Å². The minimum absolute atomic E-state index is 0. The Morgan fingerprint density at radius 2 is 1.70 bits per heavy atom. The van der Waals surface area contributed by atoms with E-state index in [1.807, 2.05) is 51.1 Å². The van der Waals surface area contributed by atoms with Crippen LogP contribution in [0, 0.1) is 0 Å². The molecule has 0 fully saturated rings. The molecule has 2 N–H and O–H groups in total. The highest BCUT2D eigenvalue weighted by Crippen LogP contribution is 2.18. The minimum atomic E-state index is 0. The molecule has 0 aliphatic rings. The maximum Gasteiger partial charge on any atom is 0.218 e. The number of nitrogens with zero attached hydrogens (tertiary/aromatic N) is 2.